The van der Waals surface area contributed by atoms with Crippen LogP contribution in [0.1, 0.15) is 110 Å². The van der Waals surface area contributed by atoms with Gasteiger partial charge in [0.25, 0.3) is 0 Å². The van der Waals surface area contributed by atoms with E-state index in [-0.39, 0.29) is 52.5 Å². The zero-order chi connectivity index (χ0) is 34.5. The third-order valence-corrected chi connectivity index (χ3v) is 14.8. The lowest BCUT2D eigenvalue weighted by molar-refractivity contribution is -0.234. The third-order valence-electron chi connectivity index (χ3n) is 13.2. The number of ether oxygens (including phenoxy) is 2. The van der Waals surface area contributed by atoms with E-state index in [0.717, 1.165) is 40.4 Å². The molecule has 0 aliphatic heterocycles. The third kappa shape index (κ3) is 6.40. The molecule has 47 heavy (non-hydrogen) atoms. The summed E-state index contributed by atoms with van der Waals surface area (Å²) in [6.07, 6.45) is 3.91. The molecule has 0 radical (unpaired) electrons. The molecule has 0 amide bonds. The summed E-state index contributed by atoms with van der Waals surface area (Å²) in [5.74, 6) is -0.959. The van der Waals surface area contributed by atoms with Crippen molar-refractivity contribution in [2.75, 3.05) is 6.61 Å². The Kier molecular flexibility index (Phi) is 10.6. The highest BCUT2D eigenvalue weighted by Crippen LogP contribution is 2.74. The standard InChI is InChI=1S/C39H53IO7/c1-22(2)29(40)14-13-26(36(45)46-21-32(44)25-11-9-8-10-12-25)34-28-19-31(43)35-37(5)17-16-30(42)23(3)27(37)15-18-38(35,6)39(28,7)20-33(34)47-24(4)41/h8-12,23,27-28,30-31,33,35,42-43H,13-21H2,1-7H3/t23-,27?,28+,30+,31+,33-,35+,37-,38-,39-/m0/s1. The molecule has 4 aliphatic carbocycles. The van der Waals surface area contributed by atoms with Crippen LogP contribution in [0, 0.1) is 39.9 Å². The van der Waals surface area contributed by atoms with Gasteiger partial charge in [-0.2, -0.15) is 0 Å². The highest BCUT2D eigenvalue weighted by atomic mass is 127. The van der Waals surface area contributed by atoms with Crippen molar-refractivity contribution in [3.05, 3.63) is 56.2 Å². The number of esters is 2. The predicted molar refractivity (Wildman–Crippen MR) is 190 cm³/mol. The van der Waals surface area contributed by atoms with Crippen LogP contribution >= 0.6 is 22.6 Å². The van der Waals surface area contributed by atoms with E-state index in [0.29, 0.717) is 42.7 Å². The van der Waals surface area contributed by atoms with Crippen LogP contribution in [-0.4, -0.2) is 52.9 Å². The van der Waals surface area contributed by atoms with Crippen molar-refractivity contribution in [2.24, 2.45) is 39.9 Å². The van der Waals surface area contributed by atoms with E-state index < -0.39 is 24.1 Å². The lowest BCUT2D eigenvalue weighted by Gasteiger charge is -2.69. The summed E-state index contributed by atoms with van der Waals surface area (Å²) in [5.41, 5.74) is 2.06. The molecule has 4 saturated carbocycles. The van der Waals surface area contributed by atoms with Gasteiger partial charge in [-0.1, -0.05) is 63.6 Å². The molecular formula is C39H53IO7. The number of aliphatic hydroxyl groups excluding tert-OH is 2. The van der Waals surface area contributed by atoms with Crippen LogP contribution in [0.25, 0.3) is 0 Å². The summed E-state index contributed by atoms with van der Waals surface area (Å²) >= 11 is 2.32. The molecule has 10 atom stereocenters. The average Bonchev–Trinajstić information content (AvgIpc) is 3.29. The number of benzene rings is 1. The van der Waals surface area contributed by atoms with Crippen molar-refractivity contribution in [1.82, 2.24) is 0 Å². The summed E-state index contributed by atoms with van der Waals surface area (Å²) in [4.78, 5) is 39.7. The van der Waals surface area contributed by atoms with Crippen molar-refractivity contribution in [3.8, 4) is 0 Å². The first-order valence-electron chi connectivity index (χ1n) is 17.4. The van der Waals surface area contributed by atoms with Gasteiger partial charge in [0.15, 0.2) is 12.4 Å². The van der Waals surface area contributed by atoms with Crippen LogP contribution in [0.5, 0.6) is 0 Å². The molecule has 1 aromatic carbocycles. The fourth-order valence-electron chi connectivity index (χ4n) is 10.7. The number of aliphatic hydroxyl groups is 2. The van der Waals surface area contributed by atoms with Gasteiger partial charge in [-0.3, -0.25) is 9.59 Å². The first kappa shape index (κ1) is 36.2. The molecule has 0 heterocycles. The molecular weight excluding hydrogens is 707 g/mol. The summed E-state index contributed by atoms with van der Waals surface area (Å²) in [7, 11) is 0. The Balaban J connectivity index is 1.58. The second-order valence-corrected chi connectivity index (χ2v) is 17.1. The molecule has 0 saturated heterocycles. The highest BCUT2D eigenvalue weighted by molar-refractivity contribution is 14.1. The normalized spacial score (nSPS) is 38.7. The van der Waals surface area contributed by atoms with Gasteiger partial charge in [0, 0.05) is 18.1 Å². The fourth-order valence-corrected chi connectivity index (χ4v) is 11.0. The van der Waals surface area contributed by atoms with E-state index in [2.05, 4.69) is 50.3 Å². The SMILES string of the molecule is CC(=O)O[C@H]1C[C@@]2(C)[C@H](C[C@@H](O)[C@@H]3[C@@]4(C)CC[C@@H](O)[C@@H](C)C4CC[C@@]32C)C1=C(CCC(I)=C(C)C)C(=O)OCC(=O)c1ccccc1. The Bertz CT molecular complexity index is 1450. The van der Waals surface area contributed by atoms with E-state index in [9.17, 15) is 24.6 Å². The molecule has 0 aromatic heterocycles. The number of carbonyl (C=O) groups is 3. The minimum atomic E-state index is -0.625. The quantitative estimate of drug-likeness (QED) is 0.121. The van der Waals surface area contributed by atoms with Crippen molar-refractivity contribution in [1.29, 1.82) is 0 Å². The second-order valence-electron chi connectivity index (χ2n) is 15.8. The zero-order valence-electron chi connectivity index (χ0n) is 29.1. The van der Waals surface area contributed by atoms with Crippen LogP contribution in [-0.2, 0) is 19.1 Å². The average molecular weight is 761 g/mol. The van der Waals surface area contributed by atoms with Gasteiger partial charge < -0.3 is 19.7 Å². The maximum absolute atomic E-state index is 14.1. The lowest BCUT2D eigenvalue weighted by Crippen LogP contribution is -2.65. The van der Waals surface area contributed by atoms with Crippen LogP contribution in [0.3, 0.4) is 0 Å². The molecule has 0 bridgehead atoms. The van der Waals surface area contributed by atoms with Gasteiger partial charge in [-0.15, -0.1) is 0 Å². The number of Topliss-reactive ketones (excluding diaryl/α,β-unsaturated/α-hetero) is 1. The number of ketones is 1. The van der Waals surface area contributed by atoms with Gasteiger partial charge in [0.2, 0.25) is 0 Å². The van der Waals surface area contributed by atoms with Gasteiger partial charge in [-0.05, 0) is 137 Å². The van der Waals surface area contributed by atoms with Crippen molar-refractivity contribution in [3.63, 3.8) is 0 Å². The van der Waals surface area contributed by atoms with Gasteiger partial charge in [0.05, 0.1) is 12.2 Å². The molecule has 258 valence electrons. The summed E-state index contributed by atoms with van der Waals surface area (Å²) in [6, 6.07) is 8.79. The Hall–Kier alpha value is -2.04. The maximum atomic E-state index is 14.1. The van der Waals surface area contributed by atoms with E-state index in [1.165, 1.54) is 6.92 Å². The van der Waals surface area contributed by atoms with Crippen molar-refractivity contribution in [2.45, 2.75) is 118 Å². The molecule has 8 heteroatoms. The minimum Gasteiger partial charge on any atom is -0.458 e. The molecule has 4 fully saturated rings. The Labute approximate surface area is 294 Å². The first-order valence-corrected chi connectivity index (χ1v) is 18.5. The number of halogens is 1. The monoisotopic (exact) mass is 760 g/mol. The van der Waals surface area contributed by atoms with Crippen LogP contribution in [0.15, 0.2) is 50.6 Å². The van der Waals surface area contributed by atoms with Crippen molar-refractivity contribution >= 4 is 40.3 Å². The Morgan fingerprint density at radius 3 is 2.26 bits per heavy atom. The summed E-state index contributed by atoms with van der Waals surface area (Å²) < 4.78 is 13.0. The fraction of sp³-hybridized carbons (Fsp3) is 0.667. The zero-order valence-corrected chi connectivity index (χ0v) is 31.3. The smallest absolute Gasteiger partial charge is 0.334 e. The number of fused-ring (bicyclic) bond motifs is 5. The molecule has 4 aliphatic rings. The molecule has 7 nitrogen and oxygen atoms in total. The molecule has 5 rings (SSSR count). The van der Waals surface area contributed by atoms with Gasteiger partial charge in [0.1, 0.15) is 6.10 Å². The number of hydrogen-bond donors (Lipinski definition) is 2. The van der Waals surface area contributed by atoms with Crippen LogP contribution in [0.4, 0.5) is 0 Å². The maximum Gasteiger partial charge on any atom is 0.334 e. The highest BCUT2D eigenvalue weighted by Gasteiger charge is 2.70. The van der Waals surface area contributed by atoms with E-state index in [1.807, 2.05) is 19.9 Å². The number of hydrogen-bond acceptors (Lipinski definition) is 7. The van der Waals surface area contributed by atoms with E-state index >= 15 is 0 Å². The minimum absolute atomic E-state index is 0.00722. The van der Waals surface area contributed by atoms with E-state index in [4.69, 9.17) is 9.47 Å². The van der Waals surface area contributed by atoms with Crippen LogP contribution < -0.4 is 0 Å². The largest absolute Gasteiger partial charge is 0.458 e. The van der Waals surface area contributed by atoms with Crippen LogP contribution in [0.2, 0.25) is 0 Å². The second kappa shape index (κ2) is 13.7. The number of allylic oxidation sites excluding steroid dienone is 2. The van der Waals surface area contributed by atoms with E-state index in [1.54, 1.807) is 24.3 Å². The lowest BCUT2D eigenvalue weighted by atomic mass is 9.36. The Morgan fingerprint density at radius 1 is 0.936 bits per heavy atom. The Morgan fingerprint density at radius 2 is 1.62 bits per heavy atom. The van der Waals surface area contributed by atoms with Gasteiger partial charge >= 0.3 is 11.9 Å². The summed E-state index contributed by atoms with van der Waals surface area (Å²) in [5, 5.41) is 23.0. The number of carbonyl (C=O) groups excluding carboxylic acids is 3. The van der Waals surface area contributed by atoms with Crippen molar-refractivity contribution < 1.29 is 34.1 Å². The summed E-state index contributed by atoms with van der Waals surface area (Å²) in [6.45, 7) is 14.2. The number of rotatable bonds is 8. The predicted octanol–water partition coefficient (Wildman–Crippen LogP) is 7.77. The topological polar surface area (TPSA) is 110 Å². The molecule has 0 spiro atoms. The first-order chi connectivity index (χ1) is 22.0. The van der Waals surface area contributed by atoms with Gasteiger partial charge in [-0.25, -0.2) is 4.79 Å². The molecule has 1 unspecified atom stereocenters. The molecule has 1 aromatic rings. The molecule has 2 N–H and O–H groups in total.